The number of hydrogen-bond acceptors (Lipinski definition) is 6. The molecule has 2 aromatic rings. The molecule has 0 spiro atoms. The molecule has 2 aromatic heterocycles. The van der Waals surface area contributed by atoms with Crippen LogP contribution < -0.4 is 0 Å². The van der Waals surface area contributed by atoms with E-state index in [9.17, 15) is 14.4 Å². The molecule has 0 bridgehead atoms. The molecule has 1 aliphatic rings. The van der Waals surface area contributed by atoms with E-state index in [1.54, 1.807) is 23.1 Å². The van der Waals surface area contributed by atoms with E-state index in [1.807, 2.05) is 16.3 Å². The zero-order valence-electron chi connectivity index (χ0n) is 13.8. The average molecular weight is 360 g/mol. The molecule has 0 aliphatic carbocycles. The lowest BCUT2D eigenvalue weighted by atomic mass is 10.1. The minimum absolute atomic E-state index is 0.00178. The van der Waals surface area contributed by atoms with E-state index in [1.165, 1.54) is 17.6 Å². The first kappa shape index (κ1) is 17.6. The molecule has 0 atom stereocenters. The van der Waals surface area contributed by atoms with Crippen molar-refractivity contribution in [2.75, 3.05) is 32.7 Å². The van der Waals surface area contributed by atoms with Crippen molar-refractivity contribution in [1.29, 1.82) is 0 Å². The summed E-state index contributed by atoms with van der Waals surface area (Å²) in [6, 6.07) is 6.98. The number of hydrogen-bond donors (Lipinski definition) is 0. The highest BCUT2D eigenvalue weighted by atomic mass is 32.1. The molecular weight excluding hydrogens is 340 g/mol. The Kier molecular flexibility index (Phi) is 5.78. The summed E-state index contributed by atoms with van der Waals surface area (Å²) in [4.78, 5) is 40.8. The normalized spacial score (nSPS) is 15.3. The smallest absolute Gasteiger partial charge is 0.223 e. The van der Waals surface area contributed by atoms with Crippen molar-refractivity contribution in [2.45, 2.75) is 12.8 Å². The van der Waals surface area contributed by atoms with Gasteiger partial charge in [0.25, 0.3) is 0 Å². The molecule has 0 aromatic carbocycles. The maximum Gasteiger partial charge on any atom is 0.223 e. The molecule has 25 heavy (non-hydrogen) atoms. The molecule has 1 amide bonds. The molecular formula is C18H20N2O4S. The highest BCUT2D eigenvalue weighted by Crippen LogP contribution is 2.14. The van der Waals surface area contributed by atoms with E-state index < -0.39 is 0 Å². The van der Waals surface area contributed by atoms with Crippen LogP contribution in [0.5, 0.6) is 0 Å². The summed E-state index contributed by atoms with van der Waals surface area (Å²) in [5.41, 5.74) is 0. The molecule has 1 fully saturated rings. The highest BCUT2D eigenvalue weighted by Gasteiger charge is 2.23. The summed E-state index contributed by atoms with van der Waals surface area (Å²) in [5, 5.41) is 1.86. The van der Waals surface area contributed by atoms with Gasteiger partial charge in [-0.25, -0.2) is 0 Å². The minimum Gasteiger partial charge on any atom is -0.461 e. The predicted molar refractivity (Wildman–Crippen MR) is 93.9 cm³/mol. The van der Waals surface area contributed by atoms with Gasteiger partial charge in [0.05, 0.1) is 17.7 Å². The van der Waals surface area contributed by atoms with Gasteiger partial charge in [-0.05, 0) is 23.6 Å². The quantitative estimate of drug-likeness (QED) is 0.709. The second-order valence-electron chi connectivity index (χ2n) is 5.96. The van der Waals surface area contributed by atoms with Gasteiger partial charge in [0.15, 0.2) is 11.5 Å². The number of carbonyl (C=O) groups is 3. The lowest BCUT2D eigenvalue weighted by Crippen LogP contribution is -2.49. The molecule has 1 aliphatic heterocycles. The molecule has 0 radical (unpaired) electrons. The van der Waals surface area contributed by atoms with Crippen LogP contribution >= 0.6 is 11.3 Å². The van der Waals surface area contributed by atoms with Crippen molar-refractivity contribution < 1.29 is 18.8 Å². The van der Waals surface area contributed by atoms with Crippen LogP contribution in [0.1, 0.15) is 33.1 Å². The van der Waals surface area contributed by atoms with Crippen molar-refractivity contribution >= 4 is 28.8 Å². The number of carbonyl (C=O) groups excluding carboxylic acids is 3. The Morgan fingerprint density at radius 2 is 1.80 bits per heavy atom. The van der Waals surface area contributed by atoms with E-state index in [-0.39, 0.29) is 30.3 Å². The van der Waals surface area contributed by atoms with Crippen LogP contribution in [0.15, 0.2) is 40.3 Å². The lowest BCUT2D eigenvalue weighted by Gasteiger charge is -2.34. The molecule has 132 valence electrons. The zero-order valence-corrected chi connectivity index (χ0v) is 14.7. The van der Waals surface area contributed by atoms with Crippen molar-refractivity contribution in [2.24, 2.45) is 0 Å². The van der Waals surface area contributed by atoms with Gasteiger partial charge < -0.3 is 9.32 Å². The molecule has 1 saturated heterocycles. The predicted octanol–water partition coefficient (Wildman–Crippen LogP) is 2.33. The summed E-state index contributed by atoms with van der Waals surface area (Å²) in [7, 11) is 0. The summed E-state index contributed by atoms with van der Waals surface area (Å²) < 4.78 is 5.11. The number of nitrogens with zero attached hydrogens (tertiary/aromatic N) is 2. The number of thiophene rings is 1. The third-order valence-electron chi connectivity index (χ3n) is 4.25. The van der Waals surface area contributed by atoms with Gasteiger partial charge in [-0.15, -0.1) is 11.3 Å². The van der Waals surface area contributed by atoms with Gasteiger partial charge in [0.1, 0.15) is 0 Å². The first-order valence-electron chi connectivity index (χ1n) is 8.27. The van der Waals surface area contributed by atoms with E-state index in [0.717, 1.165) is 0 Å². The van der Waals surface area contributed by atoms with Crippen LogP contribution in [0.2, 0.25) is 0 Å². The van der Waals surface area contributed by atoms with Gasteiger partial charge in [0, 0.05) is 39.0 Å². The average Bonchev–Trinajstić information content (AvgIpc) is 3.33. The van der Waals surface area contributed by atoms with Crippen LogP contribution in [-0.4, -0.2) is 60.0 Å². The molecule has 3 rings (SSSR count). The SMILES string of the molecule is O=C(CN1CCN(C(=O)CCC(=O)c2cccs2)CC1)c1ccco1. The van der Waals surface area contributed by atoms with Crippen LogP contribution in [-0.2, 0) is 4.79 Å². The van der Waals surface area contributed by atoms with Gasteiger partial charge in [0.2, 0.25) is 11.7 Å². The maximum atomic E-state index is 12.3. The van der Waals surface area contributed by atoms with Crippen LogP contribution in [0.25, 0.3) is 0 Å². The van der Waals surface area contributed by atoms with Gasteiger partial charge in [-0.2, -0.15) is 0 Å². The largest absolute Gasteiger partial charge is 0.461 e. The monoisotopic (exact) mass is 360 g/mol. The first-order valence-corrected chi connectivity index (χ1v) is 9.15. The fraction of sp³-hybridized carbons (Fsp3) is 0.389. The van der Waals surface area contributed by atoms with E-state index in [0.29, 0.717) is 43.4 Å². The molecule has 6 nitrogen and oxygen atoms in total. The maximum absolute atomic E-state index is 12.3. The molecule has 0 saturated carbocycles. The van der Waals surface area contributed by atoms with Gasteiger partial charge >= 0.3 is 0 Å². The molecule has 3 heterocycles. The second kappa shape index (κ2) is 8.22. The number of ketones is 2. The number of furan rings is 1. The summed E-state index contributed by atoms with van der Waals surface area (Å²) in [6.45, 7) is 2.76. The number of rotatable bonds is 7. The van der Waals surface area contributed by atoms with Gasteiger partial charge in [-0.1, -0.05) is 6.07 Å². The third kappa shape index (κ3) is 4.64. The fourth-order valence-corrected chi connectivity index (χ4v) is 3.51. The Bertz CT molecular complexity index is 716. The van der Waals surface area contributed by atoms with E-state index in [2.05, 4.69) is 0 Å². The van der Waals surface area contributed by atoms with Gasteiger partial charge in [-0.3, -0.25) is 19.3 Å². The van der Waals surface area contributed by atoms with Crippen LogP contribution in [0.4, 0.5) is 0 Å². The minimum atomic E-state index is -0.0497. The zero-order chi connectivity index (χ0) is 17.6. The van der Waals surface area contributed by atoms with Crippen molar-refractivity contribution in [3.05, 3.63) is 46.5 Å². The van der Waals surface area contributed by atoms with Crippen LogP contribution in [0.3, 0.4) is 0 Å². The Morgan fingerprint density at radius 1 is 1.00 bits per heavy atom. The molecule has 7 heteroatoms. The van der Waals surface area contributed by atoms with Crippen molar-refractivity contribution in [3.8, 4) is 0 Å². The van der Waals surface area contributed by atoms with E-state index >= 15 is 0 Å². The Morgan fingerprint density at radius 3 is 2.44 bits per heavy atom. The third-order valence-corrected chi connectivity index (χ3v) is 5.16. The van der Waals surface area contributed by atoms with Crippen LogP contribution in [0, 0.1) is 0 Å². The number of piperazine rings is 1. The highest BCUT2D eigenvalue weighted by molar-refractivity contribution is 7.12. The number of Topliss-reactive ketones (excluding diaryl/α,β-unsaturated/α-hetero) is 2. The summed E-state index contributed by atoms with van der Waals surface area (Å²) in [5.74, 6) is 0.338. The Labute approximate surface area is 150 Å². The van der Waals surface area contributed by atoms with Crippen molar-refractivity contribution in [1.82, 2.24) is 9.80 Å². The number of amides is 1. The summed E-state index contributed by atoms with van der Waals surface area (Å²) >= 11 is 1.40. The Hall–Kier alpha value is -2.25. The topological polar surface area (TPSA) is 70.8 Å². The molecule has 0 N–H and O–H groups in total. The Balaban J connectivity index is 1.40. The van der Waals surface area contributed by atoms with E-state index in [4.69, 9.17) is 4.42 Å². The summed E-state index contributed by atoms with van der Waals surface area (Å²) in [6.07, 6.45) is 1.97. The molecule has 0 unspecified atom stereocenters. The second-order valence-corrected chi connectivity index (χ2v) is 6.91. The van der Waals surface area contributed by atoms with Crippen molar-refractivity contribution in [3.63, 3.8) is 0 Å². The standard InChI is InChI=1S/C18H20N2O4S/c21-14(17-4-2-12-25-17)5-6-18(23)20-9-7-19(8-10-20)13-15(22)16-3-1-11-24-16/h1-4,11-12H,5-10,13H2. The fourth-order valence-electron chi connectivity index (χ4n) is 2.81. The first-order chi connectivity index (χ1) is 12.1. The lowest BCUT2D eigenvalue weighted by molar-refractivity contribution is -0.132.